The molecule has 1 unspecified atom stereocenters. The van der Waals surface area contributed by atoms with Crippen molar-refractivity contribution in [2.24, 2.45) is 0 Å². The van der Waals surface area contributed by atoms with Crippen molar-refractivity contribution in [1.82, 2.24) is 24.8 Å². The molecular formula is C25H37N9O3. The Labute approximate surface area is 217 Å². The largest absolute Gasteiger partial charge is 0.480 e. The molecule has 2 aromatic heterocycles. The lowest BCUT2D eigenvalue weighted by Gasteiger charge is -2.25. The van der Waals surface area contributed by atoms with Gasteiger partial charge < -0.3 is 31.8 Å². The second-order valence-electron chi connectivity index (χ2n) is 9.35. The number of aryl methyl sites for hydroxylation is 2. The third-order valence-electron chi connectivity index (χ3n) is 6.36. The predicted molar refractivity (Wildman–Crippen MR) is 143 cm³/mol. The number of pyridine rings is 1. The number of nitrogen functional groups attached to an aromatic ring is 1. The molecule has 0 aliphatic carbocycles. The van der Waals surface area contributed by atoms with E-state index in [1.54, 1.807) is 14.1 Å². The van der Waals surface area contributed by atoms with Crippen molar-refractivity contribution in [3.05, 3.63) is 35.4 Å². The first kappa shape index (κ1) is 27.8. The van der Waals surface area contributed by atoms with E-state index in [1.165, 1.54) is 16.8 Å². The van der Waals surface area contributed by atoms with Gasteiger partial charge in [-0.25, -0.2) is 19.7 Å². The Bertz CT molecular complexity index is 1090. The van der Waals surface area contributed by atoms with Crippen molar-refractivity contribution >= 4 is 35.4 Å². The zero-order valence-corrected chi connectivity index (χ0v) is 21.5. The van der Waals surface area contributed by atoms with Crippen molar-refractivity contribution in [3.63, 3.8) is 0 Å². The number of aliphatic carboxylic acids is 1. The van der Waals surface area contributed by atoms with Crippen molar-refractivity contribution in [3.8, 4) is 0 Å². The third kappa shape index (κ3) is 8.10. The molecule has 6 N–H and O–H groups in total. The summed E-state index contributed by atoms with van der Waals surface area (Å²) in [6, 6.07) is 3.27. The molecule has 0 saturated carbocycles. The SMILES string of the molecule is CN(C)C(=O)CN(CCCCc1ccc2c(n1)NCCC2)CCC(Nc1ncnc(C=N)c1N)C(=O)O. The van der Waals surface area contributed by atoms with Crippen LogP contribution in [0.5, 0.6) is 0 Å². The number of amides is 1. The number of carbonyl (C=O) groups is 2. The lowest BCUT2D eigenvalue weighted by atomic mass is 10.1. The number of anilines is 3. The van der Waals surface area contributed by atoms with Crippen LogP contribution in [0.2, 0.25) is 0 Å². The number of nitrogens with two attached hydrogens (primary N) is 1. The Morgan fingerprint density at radius 3 is 2.81 bits per heavy atom. The Balaban J connectivity index is 1.57. The Hall–Kier alpha value is -3.80. The monoisotopic (exact) mass is 511 g/mol. The predicted octanol–water partition coefficient (Wildman–Crippen LogP) is 1.48. The number of rotatable bonds is 14. The lowest BCUT2D eigenvalue weighted by molar-refractivity contribution is -0.138. The Morgan fingerprint density at radius 2 is 2.08 bits per heavy atom. The third-order valence-corrected chi connectivity index (χ3v) is 6.36. The molecule has 0 fully saturated rings. The number of fused-ring (bicyclic) bond motifs is 1. The van der Waals surface area contributed by atoms with E-state index >= 15 is 0 Å². The maximum Gasteiger partial charge on any atom is 0.326 e. The van der Waals surface area contributed by atoms with E-state index in [9.17, 15) is 14.7 Å². The number of carbonyl (C=O) groups excluding carboxylic acids is 1. The minimum atomic E-state index is -1.06. The molecule has 0 bridgehead atoms. The fraction of sp³-hybridized carbons (Fsp3) is 0.520. The van der Waals surface area contributed by atoms with Crippen LogP contribution in [0.1, 0.15) is 42.6 Å². The molecule has 0 radical (unpaired) electrons. The number of hydrogen-bond donors (Lipinski definition) is 5. The van der Waals surface area contributed by atoms with Crippen molar-refractivity contribution < 1.29 is 14.7 Å². The maximum atomic E-state index is 12.4. The highest BCUT2D eigenvalue weighted by molar-refractivity contribution is 5.87. The van der Waals surface area contributed by atoms with Crippen LogP contribution in [-0.2, 0) is 22.4 Å². The highest BCUT2D eigenvalue weighted by atomic mass is 16.4. The fourth-order valence-electron chi connectivity index (χ4n) is 4.13. The molecule has 37 heavy (non-hydrogen) atoms. The van der Waals surface area contributed by atoms with E-state index in [2.05, 4.69) is 32.7 Å². The molecule has 0 spiro atoms. The van der Waals surface area contributed by atoms with Gasteiger partial charge in [0.25, 0.3) is 0 Å². The van der Waals surface area contributed by atoms with Crippen LogP contribution in [0.3, 0.4) is 0 Å². The van der Waals surface area contributed by atoms with E-state index in [4.69, 9.17) is 16.1 Å². The van der Waals surface area contributed by atoms with E-state index < -0.39 is 12.0 Å². The number of carboxylic acid groups (broad SMARTS) is 1. The summed E-state index contributed by atoms with van der Waals surface area (Å²) >= 11 is 0. The normalized spacial score (nSPS) is 13.4. The van der Waals surface area contributed by atoms with Gasteiger partial charge in [0.05, 0.1) is 6.54 Å². The van der Waals surface area contributed by atoms with Crippen molar-refractivity contribution in [1.29, 1.82) is 5.41 Å². The maximum absolute atomic E-state index is 12.4. The number of hydrogen-bond acceptors (Lipinski definition) is 10. The van der Waals surface area contributed by atoms with Gasteiger partial charge in [0.2, 0.25) is 5.91 Å². The van der Waals surface area contributed by atoms with E-state index in [1.807, 2.05) is 4.90 Å². The zero-order valence-electron chi connectivity index (χ0n) is 21.5. The summed E-state index contributed by atoms with van der Waals surface area (Å²) in [5.74, 6) is 0.0633. The summed E-state index contributed by atoms with van der Waals surface area (Å²) in [7, 11) is 3.41. The summed E-state index contributed by atoms with van der Waals surface area (Å²) in [6.07, 6.45) is 7.23. The number of unbranched alkanes of at least 4 members (excludes halogenated alkanes) is 1. The lowest BCUT2D eigenvalue weighted by Crippen LogP contribution is -2.40. The Kier molecular flexibility index (Phi) is 10.1. The van der Waals surface area contributed by atoms with Gasteiger partial charge in [0, 0.05) is 39.1 Å². The average Bonchev–Trinajstić information content (AvgIpc) is 2.89. The zero-order chi connectivity index (χ0) is 26.8. The molecule has 0 saturated heterocycles. The first-order chi connectivity index (χ1) is 17.8. The Morgan fingerprint density at radius 1 is 1.27 bits per heavy atom. The summed E-state index contributed by atoms with van der Waals surface area (Å²) in [5, 5.41) is 23.4. The summed E-state index contributed by atoms with van der Waals surface area (Å²) in [4.78, 5) is 40.5. The smallest absolute Gasteiger partial charge is 0.326 e. The fourth-order valence-corrected chi connectivity index (χ4v) is 4.13. The standard InChI is InChI=1S/C25H37N9O3/c1-33(2)21(35)15-34(12-4-3-7-18-9-8-17-6-5-11-28-23(17)31-18)13-10-19(25(36)37)32-24-22(27)20(14-26)29-16-30-24/h8-9,14,16,19,26H,3-7,10-13,15,27H2,1-2H3,(H,28,31)(H,36,37)(H,29,30,32). The molecule has 3 heterocycles. The first-order valence-corrected chi connectivity index (χ1v) is 12.5. The van der Waals surface area contributed by atoms with Crippen LogP contribution in [0.15, 0.2) is 18.5 Å². The molecule has 1 amide bonds. The highest BCUT2D eigenvalue weighted by Crippen LogP contribution is 2.21. The minimum absolute atomic E-state index is 0.0436. The van der Waals surface area contributed by atoms with Gasteiger partial charge in [-0.05, 0) is 56.7 Å². The quantitative estimate of drug-likeness (QED) is 0.185. The molecule has 200 valence electrons. The molecule has 0 aromatic carbocycles. The second kappa shape index (κ2) is 13.5. The topological polar surface area (TPSA) is 173 Å². The van der Waals surface area contributed by atoms with Crippen LogP contribution in [0, 0.1) is 5.41 Å². The van der Waals surface area contributed by atoms with E-state index in [-0.39, 0.29) is 36.1 Å². The van der Waals surface area contributed by atoms with Gasteiger partial charge in [-0.15, -0.1) is 0 Å². The summed E-state index contributed by atoms with van der Waals surface area (Å²) in [5.41, 5.74) is 8.61. The molecule has 1 aliphatic heterocycles. The average molecular weight is 512 g/mol. The van der Waals surface area contributed by atoms with Crippen LogP contribution < -0.4 is 16.4 Å². The second-order valence-corrected chi connectivity index (χ2v) is 9.35. The van der Waals surface area contributed by atoms with Gasteiger partial charge in [0.1, 0.15) is 29.6 Å². The van der Waals surface area contributed by atoms with Crippen LogP contribution in [0.4, 0.5) is 17.3 Å². The molecule has 3 rings (SSSR count). The van der Waals surface area contributed by atoms with Crippen LogP contribution in [0.25, 0.3) is 0 Å². The number of nitrogens with one attached hydrogen (secondary N) is 3. The molecule has 12 heteroatoms. The van der Waals surface area contributed by atoms with Crippen molar-refractivity contribution in [2.45, 2.75) is 44.6 Å². The highest BCUT2D eigenvalue weighted by Gasteiger charge is 2.22. The van der Waals surface area contributed by atoms with Crippen LogP contribution in [-0.4, -0.2) is 94.3 Å². The van der Waals surface area contributed by atoms with E-state index in [0.29, 0.717) is 13.1 Å². The van der Waals surface area contributed by atoms with Gasteiger partial charge in [-0.1, -0.05) is 6.07 Å². The molecular weight excluding hydrogens is 474 g/mol. The van der Waals surface area contributed by atoms with Gasteiger partial charge >= 0.3 is 5.97 Å². The molecule has 2 aromatic rings. The summed E-state index contributed by atoms with van der Waals surface area (Å²) in [6.45, 7) is 2.21. The number of likely N-dealkylation sites (N-methyl/N-ethyl adjacent to an activating group) is 1. The molecule has 1 aliphatic rings. The van der Waals surface area contributed by atoms with Gasteiger partial charge in [0.15, 0.2) is 5.82 Å². The van der Waals surface area contributed by atoms with Crippen molar-refractivity contribution in [2.75, 3.05) is 56.6 Å². The van der Waals surface area contributed by atoms with Gasteiger partial charge in [-0.2, -0.15) is 0 Å². The summed E-state index contributed by atoms with van der Waals surface area (Å²) < 4.78 is 0. The number of carboxylic acids is 1. The number of aromatic nitrogens is 3. The van der Waals surface area contributed by atoms with Crippen LogP contribution >= 0.6 is 0 Å². The minimum Gasteiger partial charge on any atom is -0.480 e. The molecule has 1 atom stereocenters. The van der Waals surface area contributed by atoms with E-state index in [0.717, 1.165) is 56.4 Å². The first-order valence-electron chi connectivity index (χ1n) is 12.5. The molecule has 12 nitrogen and oxygen atoms in total. The number of nitrogens with zero attached hydrogens (tertiary/aromatic N) is 5. The van der Waals surface area contributed by atoms with Gasteiger partial charge in [-0.3, -0.25) is 9.69 Å².